The number of halogens is 1. The second-order valence-electron chi connectivity index (χ2n) is 3.53. The summed E-state index contributed by atoms with van der Waals surface area (Å²) < 4.78 is 17.3. The van der Waals surface area contributed by atoms with Gasteiger partial charge in [-0.25, -0.2) is 0 Å². The van der Waals surface area contributed by atoms with E-state index in [1.165, 1.54) is 4.88 Å². The van der Waals surface area contributed by atoms with E-state index in [0.717, 1.165) is 21.7 Å². The van der Waals surface area contributed by atoms with E-state index in [9.17, 15) is 0 Å². The van der Waals surface area contributed by atoms with Crippen molar-refractivity contribution in [2.45, 2.75) is 6.61 Å². The fraction of sp³-hybridized carbons (Fsp3) is 0.167. The van der Waals surface area contributed by atoms with Crippen LogP contribution < -0.4 is 14.2 Å². The van der Waals surface area contributed by atoms with Crippen LogP contribution in [0.5, 0.6) is 17.2 Å². The molecule has 0 fully saturated rings. The Morgan fingerprint density at radius 1 is 1.24 bits per heavy atom. The van der Waals surface area contributed by atoms with Crippen molar-refractivity contribution in [1.82, 2.24) is 0 Å². The molecule has 3 nitrogen and oxygen atoms in total. The highest BCUT2D eigenvalue weighted by Crippen LogP contribution is 2.35. The fourth-order valence-electron chi connectivity index (χ4n) is 1.55. The molecule has 1 aliphatic heterocycles. The summed E-state index contributed by atoms with van der Waals surface area (Å²) in [6, 6.07) is 7.65. The second kappa shape index (κ2) is 4.58. The molecule has 1 aliphatic rings. The van der Waals surface area contributed by atoms with Gasteiger partial charge in [0, 0.05) is 20.8 Å². The van der Waals surface area contributed by atoms with Crippen molar-refractivity contribution in [1.29, 1.82) is 0 Å². The van der Waals surface area contributed by atoms with Gasteiger partial charge in [0.2, 0.25) is 6.79 Å². The Morgan fingerprint density at radius 2 is 2.12 bits per heavy atom. The van der Waals surface area contributed by atoms with Gasteiger partial charge >= 0.3 is 0 Å². The van der Waals surface area contributed by atoms with Gasteiger partial charge in [0.15, 0.2) is 11.5 Å². The number of rotatable bonds is 3. The van der Waals surface area contributed by atoms with Gasteiger partial charge in [-0.1, -0.05) is 0 Å². The van der Waals surface area contributed by atoms with Crippen LogP contribution in [0.2, 0.25) is 0 Å². The highest BCUT2D eigenvalue weighted by molar-refractivity contribution is 9.10. The minimum absolute atomic E-state index is 0.288. The third kappa shape index (κ3) is 2.40. The highest BCUT2D eigenvalue weighted by atomic mass is 79.9. The second-order valence-corrected chi connectivity index (χ2v) is 5.45. The lowest BCUT2D eigenvalue weighted by Gasteiger charge is -2.05. The SMILES string of the molecule is Brc1csc(COc2ccc3c(c2)OCO3)c1. The topological polar surface area (TPSA) is 27.7 Å². The van der Waals surface area contributed by atoms with E-state index in [1.54, 1.807) is 11.3 Å². The molecule has 0 aliphatic carbocycles. The monoisotopic (exact) mass is 312 g/mol. The quantitative estimate of drug-likeness (QED) is 0.862. The zero-order chi connectivity index (χ0) is 11.7. The Bertz CT molecular complexity index is 538. The Hall–Kier alpha value is -1.20. The van der Waals surface area contributed by atoms with E-state index in [4.69, 9.17) is 14.2 Å². The van der Waals surface area contributed by atoms with Crippen molar-refractivity contribution in [2.24, 2.45) is 0 Å². The molecule has 1 aromatic carbocycles. The summed E-state index contributed by atoms with van der Waals surface area (Å²) in [5.74, 6) is 2.31. The van der Waals surface area contributed by atoms with Crippen molar-refractivity contribution < 1.29 is 14.2 Å². The number of benzene rings is 1. The summed E-state index contributed by atoms with van der Waals surface area (Å²) >= 11 is 5.08. The van der Waals surface area contributed by atoms with E-state index in [-0.39, 0.29) is 6.79 Å². The minimum atomic E-state index is 0.288. The van der Waals surface area contributed by atoms with Crippen LogP contribution in [-0.2, 0) is 6.61 Å². The van der Waals surface area contributed by atoms with Gasteiger partial charge in [-0.3, -0.25) is 0 Å². The molecular weight excluding hydrogens is 304 g/mol. The zero-order valence-corrected chi connectivity index (χ0v) is 11.2. The highest BCUT2D eigenvalue weighted by Gasteiger charge is 2.13. The first-order valence-electron chi connectivity index (χ1n) is 5.06. The number of ether oxygens (including phenoxy) is 3. The number of hydrogen-bond donors (Lipinski definition) is 0. The molecule has 3 rings (SSSR count). The smallest absolute Gasteiger partial charge is 0.231 e. The van der Waals surface area contributed by atoms with E-state index in [0.29, 0.717) is 6.61 Å². The van der Waals surface area contributed by atoms with Gasteiger partial charge in [0.05, 0.1) is 0 Å². The lowest BCUT2D eigenvalue weighted by molar-refractivity contribution is 0.173. The van der Waals surface area contributed by atoms with Crippen molar-refractivity contribution in [3.63, 3.8) is 0 Å². The molecule has 0 saturated carbocycles. The average Bonchev–Trinajstić information content (AvgIpc) is 2.94. The van der Waals surface area contributed by atoms with Crippen LogP contribution >= 0.6 is 27.3 Å². The van der Waals surface area contributed by atoms with Crippen LogP contribution in [0.4, 0.5) is 0 Å². The van der Waals surface area contributed by atoms with E-state index in [1.807, 2.05) is 23.6 Å². The molecule has 0 saturated heterocycles. The normalized spacial score (nSPS) is 12.8. The number of thiophene rings is 1. The standard InChI is InChI=1S/C12H9BrO3S/c13-8-3-10(17-6-8)5-14-9-1-2-11-12(4-9)16-7-15-11/h1-4,6H,5,7H2. The molecule has 1 aromatic heterocycles. The first-order chi connectivity index (χ1) is 8.31. The fourth-order valence-corrected chi connectivity index (χ4v) is 2.91. The molecule has 5 heteroatoms. The van der Waals surface area contributed by atoms with E-state index >= 15 is 0 Å². The molecule has 0 bridgehead atoms. The molecule has 0 N–H and O–H groups in total. The van der Waals surface area contributed by atoms with Gasteiger partial charge in [-0.05, 0) is 34.1 Å². The van der Waals surface area contributed by atoms with Crippen LogP contribution in [-0.4, -0.2) is 6.79 Å². The first-order valence-corrected chi connectivity index (χ1v) is 6.74. The van der Waals surface area contributed by atoms with Crippen LogP contribution in [0, 0.1) is 0 Å². The summed E-state index contributed by atoms with van der Waals surface area (Å²) in [5.41, 5.74) is 0. The molecular formula is C12H9BrO3S. The zero-order valence-electron chi connectivity index (χ0n) is 8.81. The summed E-state index contributed by atoms with van der Waals surface area (Å²) in [5, 5.41) is 2.04. The minimum Gasteiger partial charge on any atom is -0.488 e. The van der Waals surface area contributed by atoms with Crippen LogP contribution in [0.25, 0.3) is 0 Å². The summed E-state index contributed by atoms with van der Waals surface area (Å²) in [4.78, 5) is 1.18. The number of hydrogen-bond acceptors (Lipinski definition) is 4. The van der Waals surface area contributed by atoms with Gasteiger partial charge in [0.1, 0.15) is 12.4 Å². The van der Waals surface area contributed by atoms with Crippen LogP contribution in [0.15, 0.2) is 34.1 Å². The van der Waals surface area contributed by atoms with Gasteiger partial charge < -0.3 is 14.2 Å². The molecule has 0 atom stereocenters. The van der Waals surface area contributed by atoms with E-state index in [2.05, 4.69) is 22.0 Å². The summed E-state index contributed by atoms with van der Waals surface area (Å²) in [6.45, 7) is 0.854. The van der Waals surface area contributed by atoms with Gasteiger partial charge in [-0.15, -0.1) is 11.3 Å². The Labute approximate surface area is 111 Å². The average molecular weight is 313 g/mol. The predicted molar refractivity (Wildman–Crippen MR) is 68.9 cm³/mol. The molecule has 2 heterocycles. The van der Waals surface area contributed by atoms with Crippen molar-refractivity contribution in [2.75, 3.05) is 6.79 Å². The van der Waals surface area contributed by atoms with Gasteiger partial charge in [0.25, 0.3) is 0 Å². The predicted octanol–water partition coefficient (Wildman–Crippen LogP) is 3.82. The Balaban J connectivity index is 1.69. The van der Waals surface area contributed by atoms with Crippen molar-refractivity contribution >= 4 is 27.3 Å². The van der Waals surface area contributed by atoms with Gasteiger partial charge in [-0.2, -0.15) is 0 Å². The van der Waals surface area contributed by atoms with E-state index < -0.39 is 0 Å². The molecule has 0 amide bonds. The van der Waals surface area contributed by atoms with Crippen LogP contribution in [0.3, 0.4) is 0 Å². The molecule has 0 unspecified atom stereocenters. The maximum Gasteiger partial charge on any atom is 0.231 e. The largest absolute Gasteiger partial charge is 0.488 e. The Morgan fingerprint density at radius 3 is 2.94 bits per heavy atom. The third-order valence-electron chi connectivity index (χ3n) is 2.35. The molecule has 17 heavy (non-hydrogen) atoms. The van der Waals surface area contributed by atoms with Crippen molar-refractivity contribution in [3.05, 3.63) is 39.0 Å². The van der Waals surface area contributed by atoms with Crippen LogP contribution in [0.1, 0.15) is 4.88 Å². The first kappa shape index (κ1) is 10.9. The maximum absolute atomic E-state index is 5.68. The molecule has 0 radical (unpaired) electrons. The lowest BCUT2D eigenvalue weighted by Crippen LogP contribution is -1.93. The molecule has 88 valence electrons. The maximum atomic E-state index is 5.68. The summed E-state index contributed by atoms with van der Waals surface area (Å²) in [7, 11) is 0. The Kier molecular flexibility index (Phi) is 2.94. The molecule has 0 spiro atoms. The van der Waals surface area contributed by atoms with Crippen molar-refractivity contribution in [3.8, 4) is 17.2 Å². The third-order valence-corrected chi connectivity index (χ3v) is 4.02. The molecule has 2 aromatic rings. The lowest BCUT2D eigenvalue weighted by atomic mass is 10.3. The number of fused-ring (bicyclic) bond motifs is 1. The summed E-state index contributed by atoms with van der Waals surface area (Å²) in [6.07, 6.45) is 0.